The van der Waals surface area contributed by atoms with Crippen LogP contribution < -0.4 is 11.3 Å². The predicted molar refractivity (Wildman–Crippen MR) is 81.9 cm³/mol. The van der Waals surface area contributed by atoms with Crippen molar-refractivity contribution in [1.82, 2.24) is 10.4 Å². The highest BCUT2D eigenvalue weighted by Gasteiger charge is 2.27. The quantitative estimate of drug-likeness (QED) is 0.594. The van der Waals surface area contributed by atoms with Crippen molar-refractivity contribution >= 4 is 11.3 Å². The molecule has 108 valence electrons. The van der Waals surface area contributed by atoms with Gasteiger partial charge in [-0.15, -0.1) is 11.3 Å². The predicted octanol–water partition coefficient (Wildman–Crippen LogP) is 3.51. The molecular formula is C15H27N3S. The molecule has 1 aliphatic rings. The van der Waals surface area contributed by atoms with E-state index in [1.54, 1.807) is 11.3 Å². The van der Waals surface area contributed by atoms with Crippen LogP contribution in [0.2, 0.25) is 0 Å². The van der Waals surface area contributed by atoms with Crippen molar-refractivity contribution < 1.29 is 0 Å². The molecule has 3 N–H and O–H groups in total. The van der Waals surface area contributed by atoms with Gasteiger partial charge in [-0.2, -0.15) is 0 Å². The van der Waals surface area contributed by atoms with Gasteiger partial charge in [0.25, 0.3) is 0 Å². The van der Waals surface area contributed by atoms with E-state index >= 15 is 0 Å². The van der Waals surface area contributed by atoms with E-state index in [0.29, 0.717) is 6.04 Å². The highest BCUT2D eigenvalue weighted by atomic mass is 32.1. The summed E-state index contributed by atoms with van der Waals surface area (Å²) >= 11 is 1.74. The number of nitrogens with one attached hydrogen (secondary N) is 1. The summed E-state index contributed by atoms with van der Waals surface area (Å²) in [6.07, 6.45) is 12.6. The molecule has 1 unspecified atom stereocenters. The molecule has 0 bridgehead atoms. The lowest BCUT2D eigenvalue weighted by atomic mass is 9.76. The van der Waals surface area contributed by atoms with Crippen molar-refractivity contribution in [3.05, 3.63) is 16.6 Å². The van der Waals surface area contributed by atoms with Crippen LogP contribution in [0.4, 0.5) is 0 Å². The Balaban J connectivity index is 1.78. The summed E-state index contributed by atoms with van der Waals surface area (Å²) in [6, 6.07) is 0.424. The molecular weight excluding hydrogens is 254 g/mol. The van der Waals surface area contributed by atoms with Gasteiger partial charge in [0.2, 0.25) is 0 Å². The number of hydrazine groups is 1. The molecule has 0 aliphatic heterocycles. The average molecular weight is 281 g/mol. The van der Waals surface area contributed by atoms with Gasteiger partial charge in [-0.1, -0.05) is 39.0 Å². The molecule has 1 atom stereocenters. The van der Waals surface area contributed by atoms with Crippen LogP contribution in [0.5, 0.6) is 0 Å². The Morgan fingerprint density at radius 2 is 2.21 bits per heavy atom. The minimum absolute atomic E-state index is 0.424. The maximum Gasteiger partial charge on any atom is 0.0794 e. The Kier molecular flexibility index (Phi) is 6.28. The van der Waals surface area contributed by atoms with E-state index in [-0.39, 0.29) is 0 Å². The number of hydrogen-bond donors (Lipinski definition) is 2. The van der Waals surface area contributed by atoms with Crippen molar-refractivity contribution in [3.8, 4) is 0 Å². The number of unbranched alkanes of at least 4 members (excludes halogenated alkanes) is 1. The average Bonchev–Trinajstić information content (AvgIpc) is 2.96. The Bertz CT molecular complexity index is 331. The first kappa shape index (κ1) is 14.9. The summed E-state index contributed by atoms with van der Waals surface area (Å²) in [5.74, 6) is 7.48. The second-order valence-corrected chi connectivity index (χ2v) is 6.84. The smallest absolute Gasteiger partial charge is 0.0794 e. The number of nitrogens with zero attached hydrogens (tertiary/aromatic N) is 1. The summed E-state index contributed by atoms with van der Waals surface area (Å²) in [6.45, 7) is 2.29. The van der Waals surface area contributed by atoms with E-state index in [0.717, 1.165) is 18.3 Å². The second-order valence-electron chi connectivity index (χ2n) is 5.87. The molecule has 0 radical (unpaired) electrons. The fourth-order valence-electron chi connectivity index (χ4n) is 3.29. The molecule has 1 aliphatic carbocycles. The van der Waals surface area contributed by atoms with Gasteiger partial charge in [-0.25, -0.2) is 0 Å². The number of nitrogens with two attached hydrogens (primary N) is 1. The van der Waals surface area contributed by atoms with Crippen LogP contribution in [0.1, 0.15) is 56.7 Å². The lowest BCUT2D eigenvalue weighted by Crippen LogP contribution is -2.43. The van der Waals surface area contributed by atoms with Gasteiger partial charge in [-0.3, -0.25) is 16.3 Å². The Morgan fingerprint density at radius 1 is 1.42 bits per heavy atom. The van der Waals surface area contributed by atoms with Gasteiger partial charge in [0, 0.05) is 23.5 Å². The molecule has 1 heterocycles. The Hall–Kier alpha value is -0.450. The summed E-state index contributed by atoms with van der Waals surface area (Å²) in [7, 11) is 0. The normalized spacial score (nSPS) is 25.4. The van der Waals surface area contributed by atoms with Crippen LogP contribution >= 0.6 is 11.3 Å². The topological polar surface area (TPSA) is 50.9 Å². The number of hydrogen-bond acceptors (Lipinski definition) is 4. The fraction of sp³-hybridized carbons (Fsp3) is 0.800. The van der Waals surface area contributed by atoms with E-state index < -0.39 is 0 Å². The fourth-order valence-corrected chi connectivity index (χ4v) is 3.95. The van der Waals surface area contributed by atoms with Crippen LogP contribution in [-0.4, -0.2) is 11.0 Å². The zero-order valence-corrected chi connectivity index (χ0v) is 12.8. The van der Waals surface area contributed by atoms with Crippen LogP contribution in [-0.2, 0) is 6.42 Å². The molecule has 0 amide bonds. The third-order valence-corrected chi connectivity index (χ3v) is 5.35. The van der Waals surface area contributed by atoms with E-state index in [4.69, 9.17) is 5.84 Å². The molecule has 0 spiro atoms. The number of thiazole rings is 1. The zero-order valence-electron chi connectivity index (χ0n) is 12.0. The maximum absolute atomic E-state index is 5.77. The van der Waals surface area contributed by atoms with Gasteiger partial charge in [-0.05, 0) is 24.7 Å². The van der Waals surface area contributed by atoms with E-state index in [1.165, 1.54) is 49.8 Å². The summed E-state index contributed by atoms with van der Waals surface area (Å²) in [4.78, 5) is 5.49. The molecule has 3 nitrogen and oxygen atoms in total. The third-order valence-electron chi connectivity index (χ3n) is 4.55. The molecule has 2 rings (SSSR count). The summed E-state index contributed by atoms with van der Waals surface area (Å²) < 4.78 is 0. The van der Waals surface area contributed by atoms with Crippen LogP contribution in [0, 0.1) is 11.8 Å². The molecule has 0 aromatic carbocycles. The van der Waals surface area contributed by atoms with Gasteiger partial charge < -0.3 is 0 Å². The van der Waals surface area contributed by atoms with E-state index in [9.17, 15) is 0 Å². The SMILES string of the molecule is CCCCC1CCC(C(Cc2cncs2)NN)CC1. The van der Waals surface area contributed by atoms with Gasteiger partial charge in [0.15, 0.2) is 0 Å². The van der Waals surface area contributed by atoms with Crippen LogP contribution in [0.25, 0.3) is 0 Å². The standard InChI is InChI=1S/C15H27N3S/c1-2-3-4-12-5-7-13(8-6-12)15(18-16)9-14-10-17-11-19-14/h10-13,15,18H,2-9,16H2,1H3. The van der Waals surface area contributed by atoms with Crippen molar-refractivity contribution in [2.24, 2.45) is 17.7 Å². The van der Waals surface area contributed by atoms with Crippen molar-refractivity contribution in [2.45, 2.75) is 64.3 Å². The van der Waals surface area contributed by atoms with Crippen LogP contribution in [0.15, 0.2) is 11.7 Å². The minimum atomic E-state index is 0.424. The largest absolute Gasteiger partial charge is 0.271 e. The van der Waals surface area contributed by atoms with Gasteiger partial charge >= 0.3 is 0 Å². The lowest BCUT2D eigenvalue weighted by molar-refractivity contribution is 0.212. The van der Waals surface area contributed by atoms with Gasteiger partial charge in [0.1, 0.15) is 0 Å². The van der Waals surface area contributed by atoms with Crippen molar-refractivity contribution in [3.63, 3.8) is 0 Å². The molecule has 1 fully saturated rings. The molecule has 19 heavy (non-hydrogen) atoms. The van der Waals surface area contributed by atoms with Gasteiger partial charge in [0.05, 0.1) is 5.51 Å². The molecule has 0 saturated heterocycles. The molecule has 4 heteroatoms. The maximum atomic E-state index is 5.77. The van der Waals surface area contributed by atoms with E-state index in [2.05, 4.69) is 17.3 Å². The highest BCUT2D eigenvalue weighted by molar-refractivity contribution is 7.09. The number of aromatic nitrogens is 1. The van der Waals surface area contributed by atoms with Crippen LogP contribution in [0.3, 0.4) is 0 Å². The Labute approximate surface area is 121 Å². The first-order chi connectivity index (χ1) is 9.33. The molecule has 1 saturated carbocycles. The second kappa shape index (κ2) is 7.98. The number of rotatable bonds is 7. The first-order valence-corrected chi connectivity index (χ1v) is 8.55. The lowest BCUT2D eigenvalue weighted by Gasteiger charge is -2.33. The molecule has 1 aromatic heterocycles. The monoisotopic (exact) mass is 281 g/mol. The minimum Gasteiger partial charge on any atom is -0.271 e. The first-order valence-electron chi connectivity index (χ1n) is 7.67. The van der Waals surface area contributed by atoms with Crippen molar-refractivity contribution in [2.75, 3.05) is 0 Å². The Morgan fingerprint density at radius 3 is 2.79 bits per heavy atom. The van der Waals surface area contributed by atoms with Crippen molar-refractivity contribution in [1.29, 1.82) is 0 Å². The van der Waals surface area contributed by atoms with E-state index in [1.807, 2.05) is 11.7 Å². The summed E-state index contributed by atoms with van der Waals surface area (Å²) in [5, 5.41) is 0. The molecule has 1 aromatic rings. The highest BCUT2D eigenvalue weighted by Crippen LogP contribution is 2.34. The summed E-state index contributed by atoms with van der Waals surface area (Å²) in [5.41, 5.74) is 4.95. The zero-order chi connectivity index (χ0) is 13.5. The third kappa shape index (κ3) is 4.55.